The van der Waals surface area contributed by atoms with Gasteiger partial charge in [-0.3, -0.25) is 4.79 Å². The van der Waals surface area contributed by atoms with Crippen LogP contribution >= 0.6 is 11.6 Å². The molecule has 0 unspecified atom stereocenters. The van der Waals surface area contributed by atoms with Crippen molar-refractivity contribution in [2.24, 2.45) is 0 Å². The third kappa shape index (κ3) is 6.43. The number of carbonyl (C=O) groups is 2. The lowest BCUT2D eigenvalue weighted by molar-refractivity contribution is -0.119. The van der Waals surface area contributed by atoms with Crippen molar-refractivity contribution in [2.75, 3.05) is 11.9 Å². The lowest BCUT2D eigenvalue weighted by Crippen LogP contribution is -2.21. The Bertz CT molecular complexity index is 1640. The van der Waals surface area contributed by atoms with Crippen LogP contribution in [0.4, 0.5) is 5.69 Å². The second-order valence-corrected chi connectivity index (χ2v) is 9.37. The normalized spacial score (nSPS) is 10.7. The van der Waals surface area contributed by atoms with Crippen LogP contribution in [0, 0.1) is 6.92 Å². The highest BCUT2D eigenvalue weighted by atomic mass is 35.5. The summed E-state index contributed by atoms with van der Waals surface area (Å²) in [6.07, 6.45) is 0. The van der Waals surface area contributed by atoms with E-state index < -0.39 is 18.5 Å². The number of halogens is 1. The van der Waals surface area contributed by atoms with Crippen LogP contribution in [0.25, 0.3) is 22.2 Å². The van der Waals surface area contributed by atoms with E-state index in [1.54, 1.807) is 30.3 Å². The largest absolute Gasteiger partial charge is 0.489 e. The van der Waals surface area contributed by atoms with Gasteiger partial charge >= 0.3 is 5.97 Å². The number of fused-ring (bicyclic) bond motifs is 1. The quantitative estimate of drug-likeness (QED) is 0.211. The molecule has 194 valence electrons. The standard InChI is InChI=1S/C32H25ClN2O4/c1-21-11-14-24(17-28(21)33)34-31(36)20-39-32(37)27-18-30(35-29-10-6-5-9-26(27)29)23-12-15-25(16-13-23)38-19-22-7-3-2-4-8-22/h2-18H,19-20H2,1H3,(H,34,36). The zero-order chi connectivity index (χ0) is 27.2. The minimum atomic E-state index is -0.616. The summed E-state index contributed by atoms with van der Waals surface area (Å²) in [5, 5.41) is 3.87. The fourth-order valence-corrected chi connectivity index (χ4v) is 4.21. The van der Waals surface area contributed by atoms with Crippen molar-refractivity contribution in [3.63, 3.8) is 0 Å². The van der Waals surface area contributed by atoms with Gasteiger partial charge in [0.25, 0.3) is 5.91 Å². The molecule has 5 rings (SSSR count). The number of carbonyl (C=O) groups excluding carboxylic acids is 2. The Kier molecular flexibility index (Phi) is 7.85. The molecule has 1 amide bonds. The highest BCUT2D eigenvalue weighted by molar-refractivity contribution is 6.31. The molecule has 0 saturated carbocycles. The Labute approximate surface area is 231 Å². The summed E-state index contributed by atoms with van der Waals surface area (Å²) in [4.78, 5) is 30.3. The van der Waals surface area contributed by atoms with Crippen molar-refractivity contribution in [3.05, 3.63) is 125 Å². The van der Waals surface area contributed by atoms with Crippen molar-refractivity contribution in [2.45, 2.75) is 13.5 Å². The molecule has 1 heterocycles. The number of aryl methyl sites for hydroxylation is 1. The van der Waals surface area contributed by atoms with Gasteiger partial charge in [0.05, 0.1) is 16.8 Å². The molecular weight excluding hydrogens is 512 g/mol. The van der Waals surface area contributed by atoms with E-state index >= 15 is 0 Å². The maximum absolute atomic E-state index is 13.1. The van der Waals surface area contributed by atoms with E-state index in [2.05, 4.69) is 5.32 Å². The molecule has 39 heavy (non-hydrogen) atoms. The lowest BCUT2D eigenvalue weighted by Gasteiger charge is -2.11. The Morgan fingerprint density at radius 1 is 0.872 bits per heavy atom. The molecule has 0 bridgehead atoms. The van der Waals surface area contributed by atoms with Gasteiger partial charge < -0.3 is 14.8 Å². The van der Waals surface area contributed by atoms with E-state index in [1.807, 2.05) is 79.7 Å². The molecule has 0 atom stereocenters. The van der Waals surface area contributed by atoms with Crippen molar-refractivity contribution >= 4 is 40.1 Å². The molecule has 1 N–H and O–H groups in total. The Balaban J connectivity index is 1.31. The molecular formula is C32H25ClN2O4. The van der Waals surface area contributed by atoms with Gasteiger partial charge in [-0.15, -0.1) is 0 Å². The summed E-state index contributed by atoms with van der Waals surface area (Å²) in [6, 6.07) is 31.7. The molecule has 0 fully saturated rings. The fraction of sp³-hybridized carbons (Fsp3) is 0.0938. The van der Waals surface area contributed by atoms with E-state index in [-0.39, 0.29) is 0 Å². The van der Waals surface area contributed by atoms with Crippen LogP contribution in [0.5, 0.6) is 5.75 Å². The number of esters is 1. The molecule has 4 aromatic carbocycles. The van der Waals surface area contributed by atoms with Gasteiger partial charge in [0, 0.05) is 21.7 Å². The van der Waals surface area contributed by atoms with E-state index in [0.29, 0.717) is 39.5 Å². The first-order valence-electron chi connectivity index (χ1n) is 12.4. The first-order chi connectivity index (χ1) is 19.0. The SMILES string of the molecule is Cc1ccc(NC(=O)COC(=O)c2cc(-c3ccc(OCc4ccccc4)cc3)nc3ccccc23)cc1Cl. The van der Waals surface area contributed by atoms with Crippen LogP contribution in [-0.2, 0) is 16.1 Å². The number of para-hydroxylation sites is 1. The number of benzene rings is 4. The minimum Gasteiger partial charge on any atom is -0.489 e. The smallest absolute Gasteiger partial charge is 0.339 e. The number of amides is 1. The maximum Gasteiger partial charge on any atom is 0.339 e. The van der Waals surface area contributed by atoms with Gasteiger partial charge in [-0.2, -0.15) is 0 Å². The van der Waals surface area contributed by atoms with Crippen molar-refractivity contribution in [3.8, 4) is 17.0 Å². The number of rotatable bonds is 8. The topological polar surface area (TPSA) is 77.5 Å². The van der Waals surface area contributed by atoms with E-state index in [0.717, 1.165) is 22.4 Å². The van der Waals surface area contributed by atoms with Gasteiger partial charge in [-0.1, -0.05) is 66.2 Å². The third-order valence-corrected chi connectivity index (χ3v) is 6.53. The summed E-state index contributed by atoms with van der Waals surface area (Å²) in [5.41, 5.74) is 4.90. The van der Waals surface area contributed by atoms with Crippen LogP contribution in [0.2, 0.25) is 5.02 Å². The van der Waals surface area contributed by atoms with Crippen LogP contribution in [0.1, 0.15) is 21.5 Å². The lowest BCUT2D eigenvalue weighted by atomic mass is 10.0. The second kappa shape index (κ2) is 11.8. The number of pyridine rings is 1. The van der Waals surface area contributed by atoms with Crippen molar-refractivity contribution < 1.29 is 19.1 Å². The highest BCUT2D eigenvalue weighted by Crippen LogP contribution is 2.27. The Morgan fingerprint density at radius 2 is 1.62 bits per heavy atom. The van der Waals surface area contributed by atoms with E-state index in [1.165, 1.54) is 0 Å². The van der Waals surface area contributed by atoms with Gasteiger partial charge in [-0.25, -0.2) is 9.78 Å². The molecule has 0 aliphatic heterocycles. The zero-order valence-corrected chi connectivity index (χ0v) is 21.9. The number of hydrogen-bond acceptors (Lipinski definition) is 5. The third-order valence-electron chi connectivity index (χ3n) is 6.12. The van der Waals surface area contributed by atoms with Crippen LogP contribution in [-0.4, -0.2) is 23.5 Å². The number of ether oxygens (including phenoxy) is 2. The predicted octanol–water partition coefficient (Wildman–Crippen LogP) is 7.24. The molecule has 0 saturated heterocycles. The van der Waals surface area contributed by atoms with Crippen LogP contribution in [0.15, 0.2) is 103 Å². The Morgan fingerprint density at radius 3 is 2.38 bits per heavy atom. The predicted molar refractivity (Wildman–Crippen MR) is 153 cm³/mol. The van der Waals surface area contributed by atoms with Crippen LogP contribution < -0.4 is 10.1 Å². The first kappa shape index (κ1) is 25.9. The number of anilines is 1. The molecule has 0 radical (unpaired) electrons. The Hall–Kier alpha value is -4.68. The number of aromatic nitrogens is 1. The van der Waals surface area contributed by atoms with E-state index in [4.69, 9.17) is 26.1 Å². The van der Waals surface area contributed by atoms with Gasteiger partial charge in [0.2, 0.25) is 0 Å². The second-order valence-electron chi connectivity index (χ2n) is 8.96. The molecule has 0 aliphatic carbocycles. The zero-order valence-electron chi connectivity index (χ0n) is 21.2. The van der Waals surface area contributed by atoms with Crippen molar-refractivity contribution in [1.82, 2.24) is 4.98 Å². The average molecular weight is 537 g/mol. The number of hydrogen-bond donors (Lipinski definition) is 1. The highest BCUT2D eigenvalue weighted by Gasteiger charge is 2.17. The minimum absolute atomic E-state index is 0.325. The van der Waals surface area contributed by atoms with Gasteiger partial charge in [0.15, 0.2) is 6.61 Å². The van der Waals surface area contributed by atoms with E-state index in [9.17, 15) is 9.59 Å². The summed E-state index contributed by atoms with van der Waals surface area (Å²) in [5.74, 6) is -0.355. The fourth-order valence-electron chi connectivity index (χ4n) is 4.03. The molecule has 7 heteroatoms. The molecule has 6 nitrogen and oxygen atoms in total. The monoisotopic (exact) mass is 536 g/mol. The summed E-state index contributed by atoms with van der Waals surface area (Å²) in [6.45, 7) is 1.90. The van der Waals surface area contributed by atoms with Gasteiger partial charge in [-0.05, 0) is 66.6 Å². The average Bonchev–Trinajstić information content (AvgIpc) is 2.97. The molecule has 0 aliphatic rings. The van der Waals surface area contributed by atoms with Crippen molar-refractivity contribution in [1.29, 1.82) is 0 Å². The van der Waals surface area contributed by atoms with Crippen LogP contribution in [0.3, 0.4) is 0 Å². The molecule has 5 aromatic rings. The first-order valence-corrected chi connectivity index (χ1v) is 12.7. The molecule has 0 spiro atoms. The summed E-state index contributed by atoms with van der Waals surface area (Å²) < 4.78 is 11.3. The number of nitrogens with one attached hydrogen (secondary N) is 1. The summed E-state index contributed by atoms with van der Waals surface area (Å²) in [7, 11) is 0. The van der Waals surface area contributed by atoms with Gasteiger partial charge in [0.1, 0.15) is 12.4 Å². The summed E-state index contributed by atoms with van der Waals surface area (Å²) >= 11 is 6.13. The number of nitrogens with zero attached hydrogens (tertiary/aromatic N) is 1. The maximum atomic E-state index is 13.1. The molecule has 1 aromatic heterocycles.